The maximum atomic E-state index is 12.0. The van der Waals surface area contributed by atoms with Crippen LogP contribution in [-0.4, -0.2) is 19.0 Å². The van der Waals surface area contributed by atoms with Crippen LogP contribution in [0.2, 0.25) is 0 Å². The summed E-state index contributed by atoms with van der Waals surface area (Å²) in [6.45, 7) is 1.69. The summed E-state index contributed by atoms with van der Waals surface area (Å²) >= 11 is 3.51. The normalized spacial score (nSPS) is 21.3. The molecule has 0 radical (unpaired) electrons. The van der Waals surface area contributed by atoms with Gasteiger partial charge in [0.05, 0.1) is 11.6 Å². The monoisotopic (exact) mass is 348 g/mol. The fourth-order valence-corrected chi connectivity index (χ4v) is 3.14. The first-order chi connectivity index (χ1) is 9.95. The number of urea groups is 1. The van der Waals surface area contributed by atoms with Gasteiger partial charge in [-0.3, -0.25) is 10.1 Å². The average molecular weight is 349 g/mol. The number of rotatable bonds is 2. The summed E-state index contributed by atoms with van der Waals surface area (Å²) in [7, 11) is 1.61. The van der Waals surface area contributed by atoms with Gasteiger partial charge in [-0.15, -0.1) is 0 Å². The third-order valence-corrected chi connectivity index (χ3v) is 4.58. The van der Waals surface area contributed by atoms with Crippen molar-refractivity contribution in [2.75, 3.05) is 7.11 Å². The highest BCUT2D eigenvalue weighted by Crippen LogP contribution is 2.35. The predicted molar refractivity (Wildman–Crippen MR) is 82.2 cm³/mol. The number of ether oxygens (including phenoxy) is 1. The molecule has 0 saturated carbocycles. The molecule has 3 rings (SSSR count). The summed E-state index contributed by atoms with van der Waals surface area (Å²) < 4.78 is 6.13. The smallest absolute Gasteiger partial charge is 0.322 e. The quantitative estimate of drug-likeness (QED) is 0.820. The van der Waals surface area contributed by atoms with Gasteiger partial charge in [0.2, 0.25) is 0 Å². The van der Waals surface area contributed by atoms with Crippen LogP contribution in [0.4, 0.5) is 4.79 Å². The van der Waals surface area contributed by atoms with Crippen LogP contribution in [0.25, 0.3) is 10.8 Å². The Morgan fingerprint density at radius 3 is 2.57 bits per heavy atom. The second-order valence-corrected chi connectivity index (χ2v) is 5.84. The van der Waals surface area contributed by atoms with Crippen molar-refractivity contribution in [3.63, 3.8) is 0 Å². The zero-order valence-corrected chi connectivity index (χ0v) is 13.1. The topological polar surface area (TPSA) is 67.4 Å². The molecular weight excluding hydrogens is 336 g/mol. The van der Waals surface area contributed by atoms with Crippen molar-refractivity contribution in [2.45, 2.75) is 12.5 Å². The lowest BCUT2D eigenvalue weighted by Gasteiger charge is -2.21. The van der Waals surface area contributed by atoms with E-state index in [1.807, 2.05) is 30.3 Å². The van der Waals surface area contributed by atoms with Gasteiger partial charge in [-0.2, -0.15) is 0 Å². The van der Waals surface area contributed by atoms with Gasteiger partial charge in [0.1, 0.15) is 11.3 Å². The molecule has 2 N–H and O–H groups in total. The van der Waals surface area contributed by atoms with Gasteiger partial charge in [0.25, 0.3) is 5.91 Å². The zero-order chi connectivity index (χ0) is 15.2. The molecule has 0 spiro atoms. The van der Waals surface area contributed by atoms with Gasteiger partial charge in [0, 0.05) is 0 Å². The predicted octanol–water partition coefficient (Wildman–Crippen LogP) is 2.67. The number of benzene rings is 2. The van der Waals surface area contributed by atoms with E-state index in [1.54, 1.807) is 14.0 Å². The highest BCUT2D eigenvalue weighted by molar-refractivity contribution is 9.10. The van der Waals surface area contributed by atoms with Crippen LogP contribution in [0.15, 0.2) is 34.8 Å². The van der Waals surface area contributed by atoms with E-state index in [2.05, 4.69) is 26.6 Å². The van der Waals surface area contributed by atoms with E-state index >= 15 is 0 Å². The Morgan fingerprint density at radius 2 is 1.95 bits per heavy atom. The minimum absolute atomic E-state index is 0.348. The molecule has 1 atom stereocenters. The number of methoxy groups -OCH3 is 1. The van der Waals surface area contributed by atoms with E-state index in [0.29, 0.717) is 0 Å². The minimum atomic E-state index is -1.04. The van der Waals surface area contributed by atoms with Gasteiger partial charge < -0.3 is 10.1 Å². The molecule has 0 bridgehead atoms. The van der Waals surface area contributed by atoms with E-state index in [9.17, 15) is 9.59 Å². The molecule has 1 fully saturated rings. The van der Waals surface area contributed by atoms with E-state index in [-0.39, 0.29) is 5.91 Å². The second kappa shape index (κ2) is 4.73. The average Bonchev–Trinajstić information content (AvgIpc) is 2.73. The third-order valence-electron chi connectivity index (χ3n) is 3.76. The summed E-state index contributed by atoms with van der Waals surface area (Å²) in [5, 5.41) is 6.86. The highest BCUT2D eigenvalue weighted by Gasteiger charge is 2.43. The number of amides is 3. The molecule has 3 amide bonds. The van der Waals surface area contributed by atoms with Crippen molar-refractivity contribution in [2.24, 2.45) is 0 Å². The summed E-state index contributed by atoms with van der Waals surface area (Å²) in [5.74, 6) is 0.396. The molecular formula is C15H13BrN2O3. The van der Waals surface area contributed by atoms with Crippen LogP contribution in [0.5, 0.6) is 5.75 Å². The van der Waals surface area contributed by atoms with Crippen molar-refractivity contribution in [1.29, 1.82) is 0 Å². The number of halogens is 1. The van der Waals surface area contributed by atoms with Crippen molar-refractivity contribution < 1.29 is 14.3 Å². The number of carbonyl (C=O) groups excluding carboxylic acids is 2. The van der Waals surface area contributed by atoms with Crippen LogP contribution in [-0.2, 0) is 10.3 Å². The number of carbonyl (C=O) groups is 2. The number of nitrogens with one attached hydrogen (secondary N) is 2. The first-order valence-corrected chi connectivity index (χ1v) is 7.15. The van der Waals surface area contributed by atoms with E-state index in [0.717, 1.165) is 26.6 Å². The van der Waals surface area contributed by atoms with Crippen LogP contribution in [0, 0.1) is 0 Å². The lowest BCUT2D eigenvalue weighted by atomic mass is 9.90. The van der Waals surface area contributed by atoms with Crippen LogP contribution < -0.4 is 15.4 Å². The Balaban J connectivity index is 2.15. The molecule has 5 nitrogen and oxygen atoms in total. The molecule has 21 heavy (non-hydrogen) atoms. The maximum Gasteiger partial charge on any atom is 0.322 e. The summed E-state index contributed by atoms with van der Waals surface area (Å²) in [6.07, 6.45) is 0. The summed E-state index contributed by atoms with van der Waals surface area (Å²) in [5.41, 5.74) is -0.312. The third kappa shape index (κ3) is 2.06. The Bertz CT molecular complexity index is 775. The number of fused-ring (bicyclic) bond motifs is 1. The fourth-order valence-electron chi connectivity index (χ4n) is 2.49. The van der Waals surface area contributed by atoms with Gasteiger partial charge in [0.15, 0.2) is 0 Å². The Hall–Kier alpha value is -2.08. The molecule has 1 aliphatic heterocycles. The van der Waals surface area contributed by atoms with Crippen molar-refractivity contribution in [3.8, 4) is 5.75 Å². The lowest BCUT2D eigenvalue weighted by molar-refractivity contribution is -0.123. The highest BCUT2D eigenvalue weighted by atomic mass is 79.9. The largest absolute Gasteiger partial charge is 0.496 e. The Morgan fingerprint density at radius 1 is 1.19 bits per heavy atom. The number of hydrogen-bond acceptors (Lipinski definition) is 3. The first-order valence-electron chi connectivity index (χ1n) is 6.36. The molecule has 6 heteroatoms. The maximum absolute atomic E-state index is 12.0. The second-order valence-electron chi connectivity index (χ2n) is 5.05. The molecule has 1 aliphatic rings. The van der Waals surface area contributed by atoms with Gasteiger partial charge in [-0.05, 0) is 51.3 Å². The zero-order valence-electron chi connectivity index (χ0n) is 11.5. The van der Waals surface area contributed by atoms with Crippen LogP contribution >= 0.6 is 15.9 Å². The summed E-state index contributed by atoms with van der Waals surface area (Å²) in [4.78, 5) is 23.4. The van der Waals surface area contributed by atoms with E-state index in [4.69, 9.17) is 4.74 Å². The van der Waals surface area contributed by atoms with Gasteiger partial charge >= 0.3 is 6.03 Å². The lowest BCUT2D eigenvalue weighted by Crippen LogP contribution is -2.40. The van der Waals surface area contributed by atoms with Crippen molar-refractivity contribution in [3.05, 3.63) is 40.4 Å². The molecule has 1 heterocycles. The molecule has 1 saturated heterocycles. The molecule has 2 aromatic carbocycles. The van der Waals surface area contributed by atoms with Crippen molar-refractivity contribution >= 4 is 38.6 Å². The van der Waals surface area contributed by atoms with Crippen LogP contribution in [0.3, 0.4) is 0 Å². The van der Waals surface area contributed by atoms with E-state index in [1.165, 1.54) is 0 Å². The summed E-state index contributed by atoms with van der Waals surface area (Å²) in [6, 6.07) is 8.92. The standard InChI is InChI=1S/C15H13BrN2O3/c1-15(13(19)17-14(20)18-15)9-4-5-10-8(7-9)3-6-11(21-2)12(10)16/h3-7H,1-2H3,(H2,17,18,19,20). The minimum Gasteiger partial charge on any atom is -0.496 e. The van der Waals surface area contributed by atoms with Crippen molar-refractivity contribution in [1.82, 2.24) is 10.6 Å². The number of hydrogen-bond donors (Lipinski definition) is 2. The Kier molecular flexibility index (Phi) is 3.13. The van der Waals surface area contributed by atoms with Crippen LogP contribution in [0.1, 0.15) is 12.5 Å². The fraction of sp³-hybridized carbons (Fsp3) is 0.200. The molecule has 2 aromatic rings. The molecule has 0 aliphatic carbocycles. The molecule has 1 unspecified atom stereocenters. The van der Waals surface area contributed by atoms with Gasteiger partial charge in [-0.1, -0.05) is 18.2 Å². The first kappa shape index (κ1) is 13.9. The SMILES string of the molecule is COc1ccc2cc(C3(C)NC(=O)NC3=O)ccc2c1Br. The van der Waals surface area contributed by atoms with E-state index < -0.39 is 11.6 Å². The molecule has 0 aromatic heterocycles. The Labute approximate surface area is 129 Å². The molecule has 108 valence electrons. The number of imide groups is 1. The van der Waals surface area contributed by atoms with Gasteiger partial charge in [-0.25, -0.2) is 4.79 Å².